The van der Waals surface area contributed by atoms with Crippen LogP contribution in [0, 0.1) is 5.92 Å². The van der Waals surface area contributed by atoms with E-state index in [1.54, 1.807) is 0 Å². The molecule has 0 saturated heterocycles. The quantitative estimate of drug-likeness (QED) is 0.535. The van der Waals surface area contributed by atoms with Gasteiger partial charge in [-0.25, -0.2) is 0 Å². The number of aliphatic carboxylic acids is 1. The molecule has 0 radical (unpaired) electrons. The van der Waals surface area contributed by atoms with Crippen LogP contribution >= 0.6 is 0 Å². The number of hydrogen-bond donors (Lipinski definition) is 2. The van der Waals surface area contributed by atoms with Crippen molar-refractivity contribution >= 4 is 11.9 Å². The van der Waals surface area contributed by atoms with Gasteiger partial charge in [0, 0.05) is 19.4 Å². The van der Waals surface area contributed by atoms with Gasteiger partial charge in [0.2, 0.25) is 5.91 Å². The van der Waals surface area contributed by atoms with E-state index in [0.717, 1.165) is 12.8 Å². The summed E-state index contributed by atoms with van der Waals surface area (Å²) < 4.78 is 0. The predicted octanol–water partition coefficient (Wildman–Crippen LogP) is 3.35. The van der Waals surface area contributed by atoms with E-state index in [-0.39, 0.29) is 18.2 Å². The lowest BCUT2D eigenvalue weighted by Gasteiger charge is -2.11. The van der Waals surface area contributed by atoms with Crippen LogP contribution in [0.1, 0.15) is 71.6 Å². The Morgan fingerprint density at radius 3 is 2.32 bits per heavy atom. The number of hydrogen-bond acceptors (Lipinski definition) is 2. The van der Waals surface area contributed by atoms with Crippen LogP contribution in [0.4, 0.5) is 0 Å². The second-order valence-corrected chi connectivity index (χ2v) is 5.36. The van der Waals surface area contributed by atoms with Gasteiger partial charge in [0.1, 0.15) is 0 Å². The highest BCUT2D eigenvalue weighted by molar-refractivity contribution is 5.75. The molecule has 0 aliphatic rings. The number of unbranched alkanes of at least 4 members (excludes halogenated alkanes) is 5. The van der Waals surface area contributed by atoms with Gasteiger partial charge in [-0.1, -0.05) is 46.0 Å². The largest absolute Gasteiger partial charge is 0.481 e. The molecule has 0 aliphatic carbocycles. The van der Waals surface area contributed by atoms with Crippen molar-refractivity contribution in [1.82, 2.24) is 5.32 Å². The molecule has 0 aromatic carbocycles. The number of carboxylic acids is 1. The van der Waals surface area contributed by atoms with Crippen LogP contribution in [0.15, 0.2) is 0 Å². The zero-order valence-corrected chi connectivity index (χ0v) is 12.4. The number of nitrogens with one attached hydrogen (secondary N) is 1. The van der Waals surface area contributed by atoms with E-state index < -0.39 is 5.97 Å². The van der Waals surface area contributed by atoms with Gasteiger partial charge in [0.25, 0.3) is 0 Å². The molecule has 0 aromatic rings. The molecule has 1 unspecified atom stereocenters. The summed E-state index contributed by atoms with van der Waals surface area (Å²) in [6, 6.07) is 0. The zero-order valence-electron chi connectivity index (χ0n) is 12.4. The molecule has 0 aromatic heterocycles. The molecular weight excluding hydrogens is 242 g/mol. The first-order valence-electron chi connectivity index (χ1n) is 7.54. The fourth-order valence-electron chi connectivity index (χ4n) is 1.91. The summed E-state index contributed by atoms with van der Waals surface area (Å²) >= 11 is 0. The summed E-state index contributed by atoms with van der Waals surface area (Å²) in [5.41, 5.74) is 0. The second kappa shape index (κ2) is 12.0. The Labute approximate surface area is 117 Å². The summed E-state index contributed by atoms with van der Waals surface area (Å²) in [5.74, 6) is -0.451. The lowest BCUT2D eigenvalue weighted by atomic mass is 10.1. The van der Waals surface area contributed by atoms with E-state index >= 15 is 0 Å². The third-order valence-corrected chi connectivity index (χ3v) is 3.26. The summed E-state index contributed by atoms with van der Waals surface area (Å²) in [5, 5.41) is 11.4. The Balaban J connectivity index is 3.40. The molecule has 0 saturated carbocycles. The third kappa shape index (κ3) is 13.2. The van der Waals surface area contributed by atoms with Gasteiger partial charge < -0.3 is 10.4 Å². The Bertz CT molecular complexity index is 254. The van der Waals surface area contributed by atoms with Gasteiger partial charge in [-0.15, -0.1) is 0 Å². The molecule has 4 heteroatoms. The Morgan fingerprint density at radius 1 is 1.05 bits per heavy atom. The molecule has 19 heavy (non-hydrogen) atoms. The molecule has 0 spiro atoms. The van der Waals surface area contributed by atoms with Crippen LogP contribution in [0.25, 0.3) is 0 Å². The Kier molecular flexibility index (Phi) is 11.3. The van der Waals surface area contributed by atoms with Crippen LogP contribution in [0.5, 0.6) is 0 Å². The minimum atomic E-state index is -0.773. The molecule has 112 valence electrons. The van der Waals surface area contributed by atoms with Crippen LogP contribution in [-0.2, 0) is 9.59 Å². The molecule has 0 rings (SSSR count). The molecule has 0 fully saturated rings. The van der Waals surface area contributed by atoms with Gasteiger partial charge in [-0.3, -0.25) is 9.59 Å². The SMILES string of the molecule is CCCCCCCCC(=O)NCC(C)CCC(=O)O. The van der Waals surface area contributed by atoms with E-state index in [2.05, 4.69) is 12.2 Å². The van der Waals surface area contributed by atoms with E-state index in [4.69, 9.17) is 5.11 Å². The fourth-order valence-corrected chi connectivity index (χ4v) is 1.91. The van der Waals surface area contributed by atoms with Crippen molar-refractivity contribution in [2.24, 2.45) is 5.92 Å². The van der Waals surface area contributed by atoms with Crippen molar-refractivity contribution in [3.8, 4) is 0 Å². The van der Waals surface area contributed by atoms with E-state index in [9.17, 15) is 9.59 Å². The molecule has 2 N–H and O–H groups in total. The summed E-state index contributed by atoms with van der Waals surface area (Å²) in [4.78, 5) is 22.0. The molecular formula is C15H29NO3. The van der Waals surface area contributed by atoms with Gasteiger partial charge in [0.15, 0.2) is 0 Å². The Hall–Kier alpha value is -1.06. The number of carboxylic acid groups (broad SMARTS) is 1. The topological polar surface area (TPSA) is 66.4 Å². The molecule has 1 amide bonds. The molecule has 0 bridgehead atoms. The zero-order chi connectivity index (χ0) is 14.5. The normalized spacial score (nSPS) is 12.1. The molecule has 0 aliphatic heterocycles. The minimum absolute atomic E-state index is 0.0951. The molecule has 1 atom stereocenters. The van der Waals surface area contributed by atoms with E-state index in [1.807, 2.05) is 6.92 Å². The average molecular weight is 271 g/mol. The summed E-state index contributed by atoms with van der Waals surface area (Å²) in [6.45, 7) is 4.74. The standard InChI is InChI=1S/C15H29NO3/c1-3-4-5-6-7-8-9-14(17)16-12-13(2)10-11-15(18)19/h13H,3-12H2,1-2H3,(H,16,17)(H,18,19). The number of rotatable bonds is 12. The van der Waals surface area contributed by atoms with E-state index in [0.29, 0.717) is 19.4 Å². The first-order chi connectivity index (χ1) is 9.06. The summed E-state index contributed by atoms with van der Waals surface area (Å²) in [7, 11) is 0. The highest BCUT2D eigenvalue weighted by atomic mass is 16.4. The molecule has 4 nitrogen and oxygen atoms in total. The van der Waals surface area contributed by atoms with Crippen molar-refractivity contribution < 1.29 is 14.7 Å². The third-order valence-electron chi connectivity index (χ3n) is 3.26. The number of amides is 1. The van der Waals surface area contributed by atoms with Crippen molar-refractivity contribution in [1.29, 1.82) is 0 Å². The summed E-state index contributed by atoms with van der Waals surface area (Å²) in [6.07, 6.45) is 8.49. The van der Waals surface area contributed by atoms with Crippen LogP contribution in [0.3, 0.4) is 0 Å². The minimum Gasteiger partial charge on any atom is -0.481 e. The first kappa shape index (κ1) is 17.9. The maximum Gasteiger partial charge on any atom is 0.303 e. The Morgan fingerprint density at radius 2 is 1.68 bits per heavy atom. The lowest BCUT2D eigenvalue weighted by Crippen LogP contribution is -2.28. The number of carbonyl (C=O) groups is 2. The van der Waals surface area contributed by atoms with Crippen LogP contribution in [0.2, 0.25) is 0 Å². The second-order valence-electron chi connectivity index (χ2n) is 5.36. The van der Waals surface area contributed by atoms with Crippen molar-refractivity contribution in [3.05, 3.63) is 0 Å². The average Bonchev–Trinajstić information content (AvgIpc) is 2.38. The monoisotopic (exact) mass is 271 g/mol. The highest BCUT2D eigenvalue weighted by Crippen LogP contribution is 2.07. The smallest absolute Gasteiger partial charge is 0.303 e. The van der Waals surface area contributed by atoms with Crippen molar-refractivity contribution in [3.63, 3.8) is 0 Å². The number of carbonyl (C=O) groups excluding carboxylic acids is 1. The van der Waals surface area contributed by atoms with Crippen molar-refractivity contribution in [2.45, 2.75) is 71.6 Å². The van der Waals surface area contributed by atoms with Crippen LogP contribution in [-0.4, -0.2) is 23.5 Å². The van der Waals surface area contributed by atoms with Crippen LogP contribution < -0.4 is 5.32 Å². The first-order valence-corrected chi connectivity index (χ1v) is 7.54. The fraction of sp³-hybridized carbons (Fsp3) is 0.867. The maximum atomic E-state index is 11.5. The van der Waals surface area contributed by atoms with Gasteiger partial charge in [-0.05, 0) is 18.8 Å². The predicted molar refractivity (Wildman–Crippen MR) is 77.0 cm³/mol. The van der Waals surface area contributed by atoms with Gasteiger partial charge >= 0.3 is 5.97 Å². The molecule has 0 heterocycles. The van der Waals surface area contributed by atoms with Gasteiger partial charge in [-0.2, -0.15) is 0 Å². The van der Waals surface area contributed by atoms with Gasteiger partial charge in [0.05, 0.1) is 0 Å². The van der Waals surface area contributed by atoms with E-state index in [1.165, 1.54) is 25.7 Å². The lowest BCUT2D eigenvalue weighted by molar-refractivity contribution is -0.137. The maximum absolute atomic E-state index is 11.5. The highest BCUT2D eigenvalue weighted by Gasteiger charge is 2.07. The van der Waals surface area contributed by atoms with Crippen molar-refractivity contribution in [2.75, 3.05) is 6.54 Å².